The number of aliphatic hydroxyl groups is 1. The number of aryl methyl sites for hydroxylation is 2. The summed E-state index contributed by atoms with van der Waals surface area (Å²) >= 11 is 0. The molecule has 3 N–H and O–H groups in total. The summed E-state index contributed by atoms with van der Waals surface area (Å²) in [5, 5.41) is 27.1. The molecule has 7 nitrogen and oxygen atoms in total. The highest BCUT2D eigenvalue weighted by atomic mass is 16.4. The summed E-state index contributed by atoms with van der Waals surface area (Å²) in [6.45, 7) is 4.83. The molecule has 1 aromatic heterocycles. The molecular formula is C18H22N2O5. The lowest BCUT2D eigenvalue weighted by Gasteiger charge is -2.36. The van der Waals surface area contributed by atoms with Crippen LogP contribution in [-0.4, -0.2) is 51.9 Å². The Morgan fingerprint density at radius 2 is 2.00 bits per heavy atom. The average molecular weight is 346 g/mol. The zero-order valence-corrected chi connectivity index (χ0v) is 14.2. The largest absolute Gasteiger partial charge is 0.483 e. The SMILES string of the molecule is Cc1ccc2c(N3CC[C@H](O)[C@@H](C(=O)O)C3)ccnc2c1C.O=CO. The van der Waals surface area contributed by atoms with Crippen LogP contribution in [0.3, 0.4) is 0 Å². The van der Waals surface area contributed by atoms with Crippen LogP contribution in [0.2, 0.25) is 0 Å². The van der Waals surface area contributed by atoms with Crippen LogP contribution in [0.4, 0.5) is 5.69 Å². The zero-order valence-electron chi connectivity index (χ0n) is 14.2. The predicted molar refractivity (Wildman–Crippen MR) is 93.9 cm³/mol. The fourth-order valence-corrected chi connectivity index (χ4v) is 3.12. The summed E-state index contributed by atoms with van der Waals surface area (Å²) in [5.74, 6) is -1.69. The van der Waals surface area contributed by atoms with E-state index in [-0.39, 0.29) is 6.47 Å². The summed E-state index contributed by atoms with van der Waals surface area (Å²) in [7, 11) is 0. The second-order valence-corrected chi connectivity index (χ2v) is 6.09. The van der Waals surface area contributed by atoms with Crippen LogP contribution in [0.5, 0.6) is 0 Å². The summed E-state index contributed by atoms with van der Waals surface area (Å²) in [5.41, 5.74) is 4.28. The Kier molecular flexibility index (Phi) is 5.93. The molecule has 3 rings (SSSR count). The fourth-order valence-electron chi connectivity index (χ4n) is 3.12. The van der Waals surface area contributed by atoms with Crippen LogP contribution in [-0.2, 0) is 9.59 Å². The van der Waals surface area contributed by atoms with Gasteiger partial charge in [0.15, 0.2) is 0 Å². The van der Waals surface area contributed by atoms with Crippen LogP contribution in [0, 0.1) is 19.8 Å². The molecular weight excluding hydrogens is 324 g/mol. The zero-order chi connectivity index (χ0) is 18.6. The molecule has 0 amide bonds. The van der Waals surface area contributed by atoms with E-state index in [1.165, 1.54) is 5.56 Å². The van der Waals surface area contributed by atoms with Crippen LogP contribution >= 0.6 is 0 Å². The Bertz CT molecular complexity index is 777. The second kappa shape index (κ2) is 7.94. The van der Waals surface area contributed by atoms with Gasteiger partial charge < -0.3 is 20.2 Å². The molecule has 1 aliphatic rings. The summed E-state index contributed by atoms with van der Waals surface area (Å²) < 4.78 is 0. The first-order chi connectivity index (χ1) is 11.9. The lowest BCUT2D eigenvalue weighted by Crippen LogP contribution is -2.46. The Morgan fingerprint density at radius 1 is 1.32 bits per heavy atom. The molecule has 2 atom stereocenters. The van der Waals surface area contributed by atoms with Gasteiger partial charge in [-0.3, -0.25) is 14.6 Å². The van der Waals surface area contributed by atoms with Gasteiger partial charge in [-0.15, -0.1) is 0 Å². The van der Waals surface area contributed by atoms with Gasteiger partial charge in [-0.2, -0.15) is 0 Å². The second-order valence-electron chi connectivity index (χ2n) is 6.09. The average Bonchev–Trinajstić information content (AvgIpc) is 2.59. The van der Waals surface area contributed by atoms with E-state index in [4.69, 9.17) is 9.90 Å². The van der Waals surface area contributed by atoms with E-state index >= 15 is 0 Å². The number of aromatic nitrogens is 1. The first-order valence-corrected chi connectivity index (χ1v) is 7.99. The number of carbonyl (C=O) groups is 2. The highest BCUT2D eigenvalue weighted by Gasteiger charge is 2.33. The molecule has 134 valence electrons. The smallest absolute Gasteiger partial charge is 0.310 e. The van der Waals surface area contributed by atoms with Gasteiger partial charge in [0.05, 0.1) is 11.6 Å². The molecule has 0 aliphatic carbocycles. The van der Waals surface area contributed by atoms with Crippen molar-refractivity contribution in [2.45, 2.75) is 26.4 Å². The van der Waals surface area contributed by atoms with Crippen LogP contribution < -0.4 is 4.90 Å². The number of pyridine rings is 1. The van der Waals surface area contributed by atoms with E-state index in [0.29, 0.717) is 19.5 Å². The molecule has 7 heteroatoms. The standard InChI is InChI=1S/C17H20N2O3.CH2O2/c1-10-3-4-12-14(5-7-18-16(12)11(10)2)19-8-6-15(20)13(9-19)17(21)22;2-1-3/h3-5,7,13,15,20H,6,8-9H2,1-2H3,(H,21,22);1H,(H,2,3)/t13-,15-;/m0./s1. The number of benzene rings is 1. The fraction of sp³-hybridized carbons (Fsp3) is 0.389. The lowest BCUT2D eigenvalue weighted by atomic mass is 9.94. The van der Waals surface area contributed by atoms with Crippen molar-refractivity contribution < 1.29 is 24.9 Å². The molecule has 2 heterocycles. The van der Waals surface area contributed by atoms with E-state index in [0.717, 1.165) is 22.2 Å². The van der Waals surface area contributed by atoms with Gasteiger partial charge in [-0.05, 0) is 37.5 Å². The van der Waals surface area contributed by atoms with Crippen LogP contribution in [0.1, 0.15) is 17.5 Å². The maximum Gasteiger partial charge on any atom is 0.310 e. The minimum atomic E-state index is -0.942. The van der Waals surface area contributed by atoms with Gasteiger partial charge in [0, 0.05) is 30.4 Å². The number of carboxylic acids is 1. The summed E-state index contributed by atoms with van der Waals surface area (Å²) in [4.78, 5) is 26.2. The number of carboxylic acid groups (broad SMARTS) is 2. The number of fused-ring (bicyclic) bond motifs is 1. The van der Waals surface area contributed by atoms with Gasteiger partial charge in [-0.25, -0.2) is 0 Å². The molecule has 0 unspecified atom stereocenters. The Balaban J connectivity index is 0.000000701. The Hall–Kier alpha value is -2.67. The molecule has 0 saturated carbocycles. The van der Waals surface area contributed by atoms with E-state index < -0.39 is 18.0 Å². The summed E-state index contributed by atoms with van der Waals surface area (Å²) in [6, 6.07) is 6.03. The monoisotopic (exact) mass is 346 g/mol. The minimum absolute atomic E-state index is 0.250. The number of hydrogen-bond acceptors (Lipinski definition) is 5. The van der Waals surface area contributed by atoms with Gasteiger partial charge >= 0.3 is 5.97 Å². The molecule has 1 aromatic carbocycles. The van der Waals surface area contributed by atoms with Crippen LogP contribution in [0.25, 0.3) is 10.9 Å². The van der Waals surface area contributed by atoms with E-state index in [9.17, 15) is 15.0 Å². The number of rotatable bonds is 2. The van der Waals surface area contributed by atoms with E-state index in [1.54, 1.807) is 6.20 Å². The first-order valence-electron chi connectivity index (χ1n) is 7.99. The number of hydrogen-bond donors (Lipinski definition) is 3. The molecule has 1 fully saturated rings. The third kappa shape index (κ3) is 3.88. The number of anilines is 1. The molecule has 0 spiro atoms. The molecule has 1 saturated heterocycles. The molecule has 0 radical (unpaired) electrons. The van der Waals surface area contributed by atoms with Crippen molar-refractivity contribution in [3.63, 3.8) is 0 Å². The van der Waals surface area contributed by atoms with Crippen molar-refractivity contribution in [3.05, 3.63) is 35.5 Å². The number of aliphatic hydroxyl groups excluding tert-OH is 1. The molecule has 1 aliphatic heterocycles. The maximum absolute atomic E-state index is 11.3. The van der Waals surface area contributed by atoms with Crippen molar-refractivity contribution >= 4 is 29.0 Å². The van der Waals surface area contributed by atoms with Gasteiger partial charge in [0.1, 0.15) is 5.92 Å². The Labute approximate surface area is 145 Å². The van der Waals surface area contributed by atoms with Crippen molar-refractivity contribution in [1.82, 2.24) is 4.98 Å². The third-order valence-corrected chi connectivity index (χ3v) is 4.65. The maximum atomic E-state index is 11.3. The minimum Gasteiger partial charge on any atom is -0.483 e. The highest BCUT2D eigenvalue weighted by Crippen LogP contribution is 2.31. The van der Waals surface area contributed by atoms with Gasteiger partial charge in [-0.1, -0.05) is 12.1 Å². The first kappa shape index (κ1) is 18.7. The van der Waals surface area contributed by atoms with Crippen molar-refractivity contribution in [2.24, 2.45) is 5.92 Å². The topological polar surface area (TPSA) is 111 Å². The van der Waals surface area contributed by atoms with Crippen molar-refractivity contribution in [3.8, 4) is 0 Å². The molecule has 0 bridgehead atoms. The van der Waals surface area contributed by atoms with Crippen molar-refractivity contribution in [2.75, 3.05) is 18.0 Å². The van der Waals surface area contributed by atoms with Gasteiger partial charge in [0.2, 0.25) is 0 Å². The molecule has 25 heavy (non-hydrogen) atoms. The quantitative estimate of drug-likeness (QED) is 0.711. The van der Waals surface area contributed by atoms with E-state index in [1.807, 2.05) is 17.0 Å². The summed E-state index contributed by atoms with van der Waals surface area (Å²) in [6.07, 6.45) is 1.46. The third-order valence-electron chi connectivity index (χ3n) is 4.65. The number of aliphatic carboxylic acids is 1. The highest BCUT2D eigenvalue weighted by molar-refractivity contribution is 5.94. The van der Waals surface area contributed by atoms with Gasteiger partial charge in [0.25, 0.3) is 6.47 Å². The molecule has 2 aromatic rings. The van der Waals surface area contributed by atoms with E-state index in [2.05, 4.69) is 24.9 Å². The number of nitrogens with zero attached hydrogens (tertiary/aromatic N) is 2. The van der Waals surface area contributed by atoms with Crippen molar-refractivity contribution in [1.29, 1.82) is 0 Å². The van der Waals surface area contributed by atoms with Crippen LogP contribution in [0.15, 0.2) is 24.4 Å². The Morgan fingerprint density at radius 3 is 2.64 bits per heavy atom. The lowest BCUT2D eigenvalue weighted by molar-refractivity contribution is -0.146. The number of piperidine rings is 1. The predicted octanol–water partition coefficient (Wildman–Crippen LogP) is 1.82. The normalized spacial score (nSPS) is 19.9.